The Morgan fingerprint density at radius 1 is 1.09 bits per heavy atom. The number of nitrogens with zero attached hydrogens (tertiary/aromatic N) is 2. The molecule has 0 radical (unpaired) electrons. The molecule has 6 nitrogen and oxygen atoms in total. The maximum atomic E-state index is 12.0. The van der Waals surface area contributed by atoms with E-state index in [1.54, 1.807) is 20.3 Å². The Hall–Kier alpha value is -1.76. The van der Waals surface area contributed by atoms with Crippen LogP contribution >= 0.6 is 0 Å². The Morgan fingerprint density at radius 2 is 1.77 bits per heavy atom. The van der Waals surface area contributed by atoms with Gasteiger partial charge < -0.3 is 14.5 Å². The molecule has 22 heavy (non-hydrogen) atoms. The summed E-state index contributed by atoms with van der Waals surface area (Å²) in [6.07, 6.45) is 0.688. The van der Waals surface area contributed by atoms with Crippen molar-refractivity contribution >= 4 is 10.9 Å². The van der Waals surface area contributed by atoms with Gasteiger partial charge in [0.25, 0.3) is 5.56 Å². The Kier molecular flexibility index (Phi) is 6.51. The quantitative estimate of drug-likeness (QED) is 0.750. The highest BCUT2D eigenvalue weighted by Crippen LogP contribution is 2.06. The SMILES string of the molecule is COCCN(CCOC)CCc1nc2ccccc2c(=O)[nH]1. The molecule has 0 aliphatic heterocycles. The molecule has 0 aliphatic rings. The third kappa shape index (κ3) is 4.62. The first-order valence-corrected chi connectivity index (χ1v) is 7.42. The van der Waals surface area contributed by atoms with Crippen molar-refractivity contribution in [1.29, 1.82) is 0 Å². The van der Waals surface area contributed by atoms with Crippen LogP contribution in [-0.4, -0.2) is 61.9 Å². The molecule has 0 saturated carbocycles. The smallest absolute Gasteiger partial charge is 0.258 e. The molecule has 1 aromatic heterocycles. The molecular weight excluding hydrogens is 282 g/mol. The van der Waals surface area contributed by atoms with Gasteiger partial charge in [0, 0.05) is 40.3 Å². The molecule has 0 amide bonds. The molecule has 0 aliphatic carbocycles. The lowest BCUT2D eigenvalue weighted by Gasteiger charge is -2.21. The predicted molar refractivity (Wildman–Crippen MR) is 86.3 cm³/mol. The van der Waals surface area contributed by atoms with Crippen LogP contribution in [0.5, 0.6) is 0 Å². The van der Waals surface area contributed by atoms with E-state index in [2.05, 4.69) is 14.9 Å². The minimum Gasteiger partial charge on any atom is -0.383 e. The Labute approximate surface area is 130 Å². The average Bonchev–Trinajstić information content (AvgIpc) is 2.54. The first-order chi connectivity index (χ1) is 10.7. The fourth-order valence-electron chi connectivity index (χ4n) is 2.29. The highest BCUT2D eigenvalue weighted by Gasteiger charge is 2.08. The van der Waals surface area contributed by atoms with Gasteiger partial charge in [0.1, 0.15) is 5.82 Å². The summed E-state index contributed by atoms with van der Waals surface area (Å²) in [5.41, 5.74) is 0.655. The summed E-state index contributed by atoms with van der Waals surface area (Å²) in [4.78, 5) is 21.7. The molecule has 2 rings (SSSR count). The number of ether oxygens (including phenoxy) is 2. The van der Waals surface area contributed by atoms with Crippen molar-refractivity contribution in [3.8, 4) is 0 Å². The van der Waals surface area contributed by atoms with Crippen molar-refractivity contribution in [3.63, 3.8) is 0 Å². The largest absolute Gasteiger partial charge is 0.383 e. The second kappa shape index (κ2) is 8.63. The first-order valence-electron chi connectivity index (χ1n) is 7.42. The summed E-state index contributed by atoms with van der Waals surface area (Å²) in [5.74, 6) is 0.712. The maximum Gasteiger partial charge on any atom is 0.258 e. The fourth-order valence-corrected chi connectivity index (χ4v) is 2.29. The second-order valence-electron chi connectivity index (χ2n) is 5.11. The van der Waals surface area contributed by atoms with Gasteiger partial charge in [0.2, 0.25) is 0 Å². The number of benzene rings is 1. The summed E-state index contributed by atoms with van der Waals surface area (Å²) in [6.45, 7) is 3.81. The van der Waals surface area contributed by atoms with E-state index in [1.807, 2.05) is 18.2 Å². The Morgan fingerprint density at radius 3 is 2.45 bits per heavy atom. The van der Waals surface area contributed by atoms with E-state index in [0.29, 0.717) is 30.8 Å². The minimum absolute atomic E-state index is 0.0825. The molecule has 0 bridgehead atoms. The zero-order valence-electron chi connectivity index (χ0n) is 13.2. The summed E-state index contributed by atoms with van der Waals surface area (Å²) in [6, 6.07) is 7.38. The molecule has 1 N–H and O–H groups in total. The lowest BCUT2D eigenvalue weighted by atomic mass is 10.2. The number of rotatable bonds is 9. The molecule has 2 aromatic rings. The monoisotopic (exact) mass is 305 g/mol. The van der Waals surface area contributed by atoms with E-state index in [0.717, 1.165) is 25.2 Å². The second-order valence-corrected chi connectivity index (χ2v) is 5.11. The van der Waals surface area contributed by atoms with Gasteiger partial charge >= 0.3 is 0 Å². The molecule has 0 spiro atoms. The standard InChI is InChI=1S/C16H23N3O3/c1-21-11-9-19(10-12-22-2)8-7-15-17-14-6-4-3-5-13(14)16(20)18-15/h3-6H,7-12H2,1-2H3,(H,17,18,20). The topological polar surface area (TPSA) is 67.5 Å². The Bertz CT molecular complexity index is 634. The van der Waals surface area contributed by atoms with Crippen LogP contribution in [0.4, 0.5) is 0 Å². The molecule has 120 valence electrons. The number of aromatic nitrogens is 2. The van der Waals surface area contributed by atoms with E-state index in [-0.39, 0.29) is 5.56 Å². The van der Waals surface area contributed by atoms with Gasteiger partial charge in [0.05, 0.1) is 24.1 Å². The van der Waals surface area contributed by atoms with Crippen molar-refractivity contribution in [1.82, 2.24) is 14.9 Å². The summed E-state index contributed by atoms with van der Waals surface area (Å²) in [7, 11) is 3.38. The van der Waals surface area contributed by atoms with Gasteiger partial charge in [-0.15, -0.1) is 0 Å². The number of hydrogen-bond donors (Lipinski definition) is 1. The highest BCUT2D eigenvalue weighted by molar-refractivity contribution is 5.77. The van der Waals surface area contributed by atoms with Gasteiger partial charge in [-0.2, -0.15) is 0 Å². The van der Waals surface area contributed by atoms with Crippen LogP contribution in [0.2, 0.25) is 0 Å². The van der Waals surface area contributed by atoms with E-state index in [9.17, 15) is 4.79 Å². The third-order valence-electron chi connectivity index (χ3n) is 3.55. The van der Waals surface area contributed by atoms with Gasteiger partial charge in [-0.3, -0.25) is 9.69 Å². The normalized spacial score (nSPS) is 11.4. The lowest BCUT2D eigenvalue weighted by Crippen LogP contribution is -2.33. The van der Waals surface area contributed by atoms with Crippen molar-refractivity contribution in [3.05, 3.63) is 40.4 Å². The van der Waals surface area contributed by atoms with E-state index < -0.39 is 0 Å². The van der Waals surface area contributed by atoms with Crippen molar-refractivity contribution in [2.45, 2.75) is 6.42 Å². The lowest BCUT2D eigenvalue weighted by molar-refractivity contribution is 0.114. The van der Waals surface area contributed by atoms with Crippen LogP contribution < -0.4 is 5.56 Å². The van der Waals surface area contributed by atoms with Crippen LogP contribution in [-0.2, 0) is 15.9 Å². The van der Waals surface area contributed by atoms with E-state index >= 15 is 0 Å². The number of hydrogen-bond acceptors (Lipinski definition) is 5. The number of nitrogens with one attached hydrogen (secondary N) is 1. The van der Waals surface area contributed by atoms with Crippen molar-refractivity contribution < 1.29 is 9.47 Å². The zero-order valence-corrected chi connectivity index (χ0v) is 13.2. The first kappa shape index (κ1) is 16.6. The molecule has 1 aromatic carbocycles. The summed E-state index contributed by atoms with van der Waals surface area (Å²) < 4.78 is 10.3. The van der Waals surface area contributed by atoms with Crippen LogP contribution in [0.1, 0.15) is 5.82 Å². The van der Waals surface area contributed by atoms with Crippen LogP contribution in [0, 0.1) is 0 Å². The maximum absolute atomic E-state index is 12.0. The molecule has 0 saturated heterocycles. The molecule has 0 fully saturated rings. The third-order valence-corrected chi connectivity index (χ3v) is 3.55. The number of methoxy groups -OCH3 is 2. The van der Waals surface area contributed by atoms with Crippen LogP contribution in [0.25, 0.3) is 10.9 Å². The molecule has 1 heterocycles. The van der Waals surface area contributed by atoms with Crippen LogP contribution in [0.3, 0.4) is 0 Å². The van der Waals surface area contributed by atoms with Crippen molar-refractivity contribution in [2.75, 3.05) is 47.1 Å². The summed E-state index contributed by atoms with van der Waals surface area (Å²) >= 11 is 0. The zero-order chi connectivity index (χ0) is 15.8. The Balaban J connectivity index is 2.03. The van der Waals surface area contributed by atoms with Gasteiger partial charge in [-0.05, 0) is 12.1 Å². The predicted octanol–water partition coefficient (Wildman–Crippen LogP) is 1.06. The molecule has 0 atom stereocenters. The number of aromatic amines is 1. The minimum atomic E-state index is -0.0825. The van der Waals surface area contributed by atoms with E-state index in [1.165, 1.54) is 0 Å². The molecule has 6 heteroatoms. The number of para-hydroxylation sites is 1. The van der Waals surface area contributed by atoms with E-state index in [4.69, 9.17) is 9.47 Å². The molecule has 0 unspecified atom stereocenters. The highest BCUT2D eigenvalue weighted by atomic mass is 16.5. The van der Waals surface area contributed by atoms with Crippen molar-refractivity contribution in [2.24, 2.45) is 0 Å². The van der Waals surface area contributed by atoms with Gasteiger partial charge in [-0.25, -0.2) is 4.98 Å². The number of fused-ring (bicyclic) bond motifs is 1. The fraction of sp³-hybridized carbons (Fsp3) is 0.500. The average molecular weight is 305 g/mol. The van der Waals surface area contributed by atoms with Crippen LogP contribution in [0.15, 0.2) is 29.1 Å². The number of H-pyrrole nitrogens is 1. The molecular formula is C16H23N3O3. The summed E-state index contributed by atoms with van der Waals surface area (Å²) in [5, 5.41) is 0.627. The van der Waals surface area contributed by atoms with Gasteiger partial charge in [0.15, 0.2) is 0 Å². The van der Waals surface area contributed by atoms with Gasteiger partial charge in [-0.1, -0.05) is 12.1 Å².